The molecule has 4 aromatic carbocycles. The minimum absolute atomic E-state index is 0.0405. The fourth-order valence-corrected chi connectivity index (χ4v) is 8.94. The minimum atomic E-state index is -0.919. The zero-order valence-electron chi connectivity index (χ0n) is 54.5. The Morgan fingerprint density at radius 3 is 0.795 bits per heavy atom. The zero-order valence-corrected chi connectivity index (χ0v) is 54.5. The summed E-state index contributed by atoms with van der Waals surface area (Å²) in [7, 11) is 0. The van der Waals surface area contributed by atoms with Gasteiger partial charge in [0, 0.05) is 74.4 Å². The molecule has 0 saturated heterocycles. The van der Waals surface area contributed by atoms with Gasteiger partial charge in [-0.3, -0.25) is 21.3 Å². The van der Waals surface area contributed by atoms with Crippen LogP contribution in [0.15, 0.2) is 70.6 Å². The number of benzene rings is 4. The van der Waals surface area contributed by atoms with E-state index in [1.54, 1.807) is 95.2 Å². The van der Waals surface area contributed by atoms with Crippen molar-refractivity contribution in [1.29, 1.82) is 0 Å². The molecule has 4 aromatic rings. The number of alkyl carbamates (subject to hydrolysis) is 4. The molecule has 0 spiro atoms. The number of ether oxygens (including phenoxy) is 12. The van der Waals surface area contributed by atoms with Gasteiger partial charge in [-0.25, -0.2) is 29.2 Å². The summed E-state index contributed by atoms with van der Waals surface area (Å²) in [6.45, 7) is 32.0. The Hall–Kier alpha value is -7.66. The fraction of sp³-hybridized carbons (Fsp3) is 0.545. The predicted octanol–water partition coefficient (Wildman–Crippen LogP) is 12.1. The van der Waals surface area contributed by atoms with E-state index >= 15 is 0 Å². The summed E-state index contributed by atoms with van der Waals surface area (Å²) in [5.74, 6) is 1.59. The largest absolute Gasteiger partial charge is 0.491 e. The van der Waals surface area contributed by atoms with Gasteiger partial charge in [0.2, 0.25) is 11.9 Å². The van der Waals surface area contributed by atoms with Gasteiger partial charge in [-0.05, 0) is 157 Å². The van der Waals surface area contributed by atoms with E-state index in [1.165, 1.54) is 0 Å². The van der Waals surface area contributed by atoms with Crippen molar-refractivity contribution < 1.29 is 76.0 Å². The van der Waals surface area contributed by atoms with Crippen molar-refractivity contribution in [3.8, 4) is 23.0 Å². The normalized spacial score (nSPS) is 12.4. The Balaban J connectivity index is 1.99. The minimum Gasteiger partial charge on any atom is -0.491 e. The molecule has 0 radical (unpaired) electrons. The third-order valence-electron chi connectivity index (χ3n) is 12.0. The lowest BCUT2D eigenvalue weighted by atomic mass is 9.90. The van der Waals surface area contributed by atoms with Crippen molar-refractivity contribution in [3.63, 3.8) is 0 Å². The highest BCUT2D eigenvalue weighted by atomic mass is 16.6. The van der Waals surface area contributed by atoms with Crippen LogP contribution in [0, 0.1) is 0 Å². The molecule has 22 nitrogen and oxygen atoms in total. The molecule has 0 unspecified atom stereocenters. The van der Waals surface area contributed by atoms with Gasteiger partial charge in [0.05, 0.1) is 37.8 Å². The van der Waals surface area contributed by atoms with Crippen molar-refractivity contribution in [1.82, 2.24) is 21.3 Å². The van der Waals surface area contributed by atoms with Crippen LogP contribution in [0.2, 0.25) is 0 Å². The SMILES string of the molecule is CCOCCOc1c2cccc1Cc1cc(N=C(NC(=O)OC(C)(C)C)NC(=O)OC(C)(C)C)cc(c1OCCOCC)Cc1cc(N=C(NC(=O)OC(C)(C)C)NC(=O)OC(C)(C)C)cc(c1OCCOCC)Cc1cccc(c1OCCOCC)C2. The number of para-hydroxylation sites is 2. The van der Waals surface area contributed by atoms with Crippen LogP contribution in [0.25, 0.3) is 0 Å². The molecule has 0 aliphatic heterocycles. The summed E-state index contributed by atoms with van der Waals surface area (Å²) in [5, 5.41) is 10.5. The lowest BCUT2D eigenvalue weighted by Crippen LogP contribution is -2.47. The Morgan fingerprint density at radius 1 is 0.352 bits per heavy atom. The van der Waals surface area contributed by atoms with E-state index in [1.807, 2.05) is 76.2 Å². The molecule has 22 heteroatoms. The van der Waals surface area contributed by atoms with Crippen LogP contribution < -0.4 is 40.2 Å². The summed E-state index contributed by atoms with van der Waals surface area (Å²) in [5.41, 5.74) is 2.52. The van der Waals surface area contributed by atoms with Gasteiger partial charge in [-0.1, -0.05) is 36.4 Å². The van der Waals surface area contributed by atoms with Crippen molar-refractivity contribution in [2.24, 2.45) is 9.98 Å². The first kappa shape index (κ1) is 71.1. The van der Waals surface area contributed by atoms with E-state index < -0.39 is 46.8 Å². The number of carbonyl (C=O) groups is 4. The molecule has 0 heterocycles. The first-order valence-electron chi connectivity index (χ1n) is 30.1. The molecule has 4 amide bonds. The lowest BCUT2D eigenvalue weighted by molar-refractivity contribution is 0.0521. The number of rotatable bonds is 22. The van der Waals surface area contributed by atoms with Crippen LogP contribution in [0.1, 0.15) is 155 Å². The number of hydrogen-bond acceptors (Lipinski definition) is 18. The van der Waals surface area contributed by atoms with Crippen molar-refractivity contribution in [3.05, 3.63) is 105 Å². The van der Waals surface area contributed by atoms with Gasteiger partial charge in [0.1, 0.15) is 71.8 Å². The lowest BCUT2D eigenvalue weighted by Gasteiger charge is -2.24. The predicted molar refractivity (Wildman–Crippen MR) is 337 cm³/mol. The van der Waals surface area contributed by atoms with Crippen molar-refractivity contribution in [2.45, 2.75) is 159 Å². The quantitative estimate of drug-likeness (QED) is 0.0217. The van der Waals surface area contributed by atoms with Gasteiger partial charge in [0.15, 0.2) is 0 Å². The van der Waals surface area contributed by atoms with E-state index in [9.17, 15) is 19.2 Å². The highest BCUT2D eigenvalue weighted by molar-refractivity contribution is 6.03. The first-order valence-corrected chi connectivity index (χ1v) is 30.1. The second-order valence-corrected chi connectivity index (χ2v) is 24.3. The summed E-state index contributed by atoms with van der Waals surface area (Å²) in [6, 6.07) is 19.2. The second kappa shape index (κ2) is 33.6. The molecule has 0 atom stereocenters. The standard InChI is InChI=1S/C66H94N6O16/c1-17-77-27-31-81-53-43-23-21-25-45(53)36-47-39-51(67-57(69-59(73)85-63(5,6)7)70-60(74)86-64(8,9)10)41-49(55(47)83-33-29-79-19-3)38-50-42-52(68-58(71-61(75)87-65(11,12)13)72-62(76)88-66(14,15)16)40-48(56(50)84-34-30-80-20-4)37-46-26-22-24-44(35-43)54(46)82-32-28-78-18-2/h21-26,39-42H,17-20,27-38H2,1-16H3,(H2,67,69,70,73,74)(H2,68,71,72,75,76). The van der Waals surface area contributed by atoms with Crippen LogP contribution in [-0.2, 0) is 63.6 Å². The van der Waals surface area contributed by atoms with Crippen molar-refractivity contribution in [2.75, 3.05) is 79.3 Å². The molecule has 1 aliphatic carbocycles. The van der Waals surface area contributed by atoms with E-state index in [0.717, 1.165) is 22.3 Å². The average Bonchev–Trinajstić information content (AvgIpc) is 3.00. The van der Waals surface area contributed by atoms with Crippen LogP contribution >= 0.6 is 0 Å². The molecule has 4 N–H and O–H groups in total. The average molecular weight is 1230 g/mol. The van der Waals surface area contributed by atoms with E-state index in [4.69, 9.17) is 66.8 Å². The third kappa shape index (κ3) is 25.2. The number of carbonyl (C=O) groups excluding carboxylic acids is 4. The molecule has 0 saturated carbocycles. The highest BCUT2D eigenvalue weighted by Gasteiger charge is 2.28. The van der Waals surface area contributed by atoms with Crippen LogP contribution in [0.4, 0.5) is 30.6 Å². The van der Waals surface area contributed by atoms with Gasteiger partial charge < -0.3 is 56.8 Å². The molecular weight excluding hydrogens is 1130 g/mol. The molecular formula is C66H94N6O16. The number of guanidine groups is 2. The summed E-state index contributed by atoms with van der Waals surface area (Å²) in [4.78, 5) is 64.2. The van der Waals surface area contributed by atoms with Crippen LogP contribution in [0.3, 0.4) is 0 Å². The van der Waals surface area contributed by atoms with E-state index in [0.29, 0.717) is 91.3 Å². The highest BCUT2D eigenvalue weighted by Crippen LogP contribution is 2.42. The molecule has 0 aromatic heterocycles. The van der Waals surface area contributed by atoms with Crippen LogP contribution in [-0.4, -0.2) is 138 Å². The maximum atomic E-state index is 13.6. The molecule has 8 bridgehead atoms. The van der Waals surface area contributed by atoms with E-state index in [-0.39, 0.29) is 82.2 Å². The Bertz CT molecular complexity index is 2760. The summed E-state index contributed by atoms with van der Waals surface area (Å²) < 4.78 is 73.1. The van der Waals surface area contributed by atoms with Crippen molar-refractivity contribution >= 4 is 47.7 Å². The van der Waals surface area contributed by atoms with Crippen LogP contribution in [0.5, 0.6) is 23.0 Å². The number of amides is 4. The van der Waals surface area contributed by atoms with Gasteiger partial charge in [-0.15, -0.1) is 0 Å². The molecule has 0 fully saturated rings. The fourth-order valence-electron chi connectivity index (χ4n) is 8.94. The molecule has 1 aliphatic rings. The second-order valence-electron chi connectivity index (χ2n) is 24.3. The zero-order chi connectivity index (χ0) is 64.7. The number of fused-ring (bicyclic) bond motifs is 8. The number of nitrogens with one attached hydrogen (secondary N) is 4. The monoisotopic (exact) mass is 1230 g/mol. The Labute approximate surface area is 519 Å². The molecule has 484 valence electrons. The summed E-state index contributed by atoms with van der Waals surface area (Å²) in [6.07, 6.45) is -2.75. The van der Waals surface area contributed by atoms with Gasteiger partial charge in [0.25, 0.3) is 0 Å². The Kier molecular flexibility index (Phi) is 27.2. The number of nitrogens with zero attached hydrogens (tertiary/aromatic N) is 2. The third-order valence-corrected chi connectivity index (χ3v) is 12.0. The smallest absolute Gasteiger partial charge is 0.414 e. The number of aliphatic imine (C=N–C) groups is 2. The maximum absolute atomic E-state index is 13.6. The molecule has 5 rings (SSSR count). The molecule has 88 heavy (non-hydrogen) atoms. The maximum Gasteiger partial charge on any atom is 0.414 e. The van der Waals surface area contributed by atoms with Gasteiger partial charge in [-0.2, -0.15) is 0 Å². The summed E-state index contributed by atoms with van der Waals surface area (Å²) >= 11 is 0. The topological polar surface area (TPSA) is 252 Å². The van der Waals surface area contributed by atoms with E-state index in [2.05, 4.69) is 21.3 Å². The van der Waals surface area contributed by atoms with Gasteiger partial charge >= 0.3 is 24.4 Å². The Morgan fingerprint density at radius 2 is 0.568 bits per heavy atom. The number of hydrogen-bond donors (Lipinski definition) is 4. The first-order chi connectivity index (χ1) is 41.5.